The molecule has 1 aliphatic carbocycles. The largest absolute Gasteiger partial charge is 0.0845 e. The molecule has 0 aliphatic heterocycles. The van der Waals surface area contributed by atoms with Crippen LogP contribution in [0, 0.1) is 0 Å². The molecule has 1 rings (SSSR count). The predicted octanol–water partition coefficient (Wildman–Crippen LogP) is 2.84. The zero-order valence-corrected chi connectivity index (χ0v) is 5.59. The molecule has 0 spiro atoms. The summed E-state index contributed by atoms with van der Waals surface area (Å²) in [5.74, 6) is 0. The summed E-state index contributed by atoms with van der Waals surface area (Å²) in [6, 6.07) is 0. The molecule has 0 unspecified atom stereocenters. The molecule has 0 bridgehead atoms. The van der Waals surface area contributed by atoms with Crippen LogP contribution in [0.25, 0.3) is 0 Å². The summed E-state index contributed by atoms with van der Waals surface area (Å²) in [5, 5.41) is 0. The van der Waals surface area contributed by atoms with Crippen molar-refractivity contribution in [3.8, 4) is 0 Å². The van der Waals surface area contributed by atoms with Gasteiger partial charge in [0.25, 0.3) is 0 Å². The molecular formula is C9H12. The molecule has 0 heteroatoms. The first-order valence-electron chi connectivity index (χ1n) is 3.48. The van der Waals surface area contributed by atoms with Crippen molar-refractivity contribution in [3.05, 3.63) is 36.5 Å². The molecule has 0 atom stereocenters. The highest BCUT2D eigenvalue weighted by Gasteiger charge is 1.79. The van der Waals surface area contributed by atoms with Gasteiger partial charge in [-0.2, -0.15) is 0 Å². The maximum Gasteiger partial charge on any atom is -0.0345 e. The summed E-state index contributed by atoms with van der Waals surface area (Å²) in [7, 11) is 0. The van der Waals surface area contributed by atoms with Gasteiger partial charge in [0.1, 0.15) is 0 Å². The fraction of sp³-hybridized carbons (Fsp3) is 0.333. The molecule has 0 fully saturated rings. The normalized spacial score (nSPS) is 29.3. The Kier molecular flexibility index (Phi) is 2.91. The van der Waals surface area contributed by atoms with Gasteiger partial charge in [0.15, 0.2) is 0 Å². The smallest absolute Gasteiger partial charge is 0.0345 e. The van der Waals surface area contributed by atoms with E-state index >= 15 is 0 Å². The predicted molar refractivity (Wildman–Crippen MR) is 41.3 cm³/mol. The molecule has 0 N–H and O–H groups in total. The summed E-state index contributed by atoms with van der Waals surface area (Å²) in [6.07, 6.45) is 16.5. The summed E-state index contributed by atoms with van der Waals surface area (Å²) in [6.45, 7) is 0. The highest BCUT2D eigenvalue weighted by atomic mass is 13.9. The van der Waals surface area contributed by atoms with Crippen molar-refractivity contribution in [2.45, 2.75) is 19.3 Å². The van der Waals surface area contributed by atoms with Crippen LogP contribution in [0.1, 0.15) is 19.3 Å². The van der Waals surface area contributed by atoms with Crippen molar-refractivity contribution >= 4 is 0 Å². The number of hydrogen-bond donors (Lipinski definition) is 0. The fourth-order valence-corrected chi connectivity index (χ4v) is 0.831. The van der Waals surface area contributed by atoms with E-state index < -0.39 is 0 Å². The van der Waals surface area contributed by atoms with Crippen molar-refractivity contribution in [1.29, 1.82) is 0 Å². The molecule has 48 valence electrons. The minimum absolute atomic E-state index is 1.22. The molecule has 0 radical (unpaired) electrons. The second kappa shape index (κ2) is 4.13. The lowest BCUT2D eigenvalue weighted by Crippen LogP contribution is -1.65. The quantitative estimate of drug-likeness (QED) is 0.461. The minimum Gasteiger partial charge on any atom is -0.0845 e. The van der Waals surface area contributed by atoms with E-state index in [9.17, 15) is 0 Å². The highest BCUT2D eigenvalue weighted by molar-refractivity contribution is 5.12. The van der Waals surface area contributed by atoms with Crippen LogP contribution in [-0.2, 0) is 0 Å². The lowest BCUT2D eigenvalue weighted by atomic mass is 10.2. The van der Waals surface area contributed by atoms with Gasteiger partial charge in [0, 0.05) is 0 Å². The van der Waals surface area contributed by atoms with Gasteiger partial charge in [-0.15, -0.1) is 0 Å². The molecular weight excluding hydrogens is 108 g/mol. The third-order valence-corrected chi connectivity index (χ3v) is 1.35. The average Bonchev–Trinajstić information content (AvgIpc) is 2.00. The highest BCUT2D eigenvalue weighted by Crippen LogP contribution is 2.00. The Labute approximate surface area is 56.6 Å². The lowest BCUT2D eigenvalue weighted by Gasteiger charge is -1.85. The summed E-state index contributed by atoms with van der Waals surface area (Å²) < 4.78 is 0. The third-order valence-electron chi connectivity index (χ3n) is 1.35. The van der Waals surface area contributed by atoms with Gasteiger partial charge in [-0.1, -0.05) is 36.5 Å². The average molecular weight is 120 g/mol. The van der Waals surface area contributed by atoms with Crippen molar-refractivity contribution in [1.82, 2.24) is 0 Å². The van der Waals surface area contributed by atoms with Gasteiger partial charge >= 0.3 is 0 Å². The van der Waals surface area contributed by atoms with Crippen LogP contribution in [0.15, 0.2) is 36.5 Å². The minimum atomic E-state index is 1.22. The Morgan fingerprint density at radius 1 is 0.667 bits per heavy atom. The first-order valence-corrected chi connectivity index (χ1v) is 3.48. The van der Waals surface area contributed by atoms with Gasteiger partial charge < -0.3 is 0 Å². The molecule has 0 aromatic heterocycles. The Bertz CT molecular complexity index is 122. The fourth-order valence-electron chi connectivity index (χ4n) is 0.831. The Balaban J connectivity index is 2.45. The summed E-state index contributed by atoms with van der Waals surface area (Å²) in [4.78, 5) is 0. The first kappa shape index (κ1) is 6.34. The Morgan fingerprint density at radius 2 is 1.22 bits per heavy atom. The van der Waals surface area contributed by atoms with Crippen molar-refractivity contribution < 1.29 is 0 Å². The molecule has 9 heavy (non-hydrogen) atoms. The number of hydrogen-bond acceptors (Lipinski definition) is 0. The second-order valence-electron chi connectivity index (χ2n) is 2.17. The zero-order valence-electron chi connectivity index (χ0n) is 5.59. The molecule has 0 saturated carbocycles. The van der Waals surface area contributed by atoms with Crippen LogP contribution in [-0.4, -0.2) is 0 Å². The number of rotatable bonds is 0. The molecule has 1 aliphatic rings. The van der Waals surface area contributed by atoms with E-state index in [1.165, 1.54) is 19.3 Å². The number of allylic oxidation sites excluding steroid dienone is 6. The topological polar surface area (TPSA) is 0 Å². The van der Waals surface area contributed by atoms with E-state index in [-0.39, 0.29) is 0 Å². The summed E-state index contributed by atoms with van der Waals surface area (Å²) >= 11 is 0. The van der Waals surface area contributed by atoms with Crippen LogP contribution >= 0.6 is 0 Å². The molecule has 0 heterocycles. The van der Waals surface area contributed by atoms with Crippen molar-refractivity contribution in [2.24, 2.45) is 0 Å². The third kappa shape index (κ3) is 2.91. The van der Waals surface area contributed by atoms with Crippen LogP contribution in [0.2, 0.25) is 0 Å². The van der Waals surface area contributed by atoms with Crippen molar-refractivity contribution in [3.63, 3.8) is 0 Å². The van der Waals surface area contributed by atoms with E-state index in [1.807, 2.05) is 0 Å². The van der Waals surface area contributed by atoms with E-state index in [0.29, 0.717) is 0 Å². The van der Waals surface area contributed by atoms with Crippen LogP contribution < -0.4 is 0 Å². The molecule has 0 amide bonds. The maximum atomic E-state index is 2.21. The Hall–Kier alpha value is -0.780. The van der Waals surface area contributed by atoms with Gasteiger partial charge in [-0.3, -0.25) is 0 Å². The molecule has 0 saturated heterocycles. The van der Waals surface area contributed by atoms with Gasteiger partial charge in [0.05, 0.1) is 0 Å². The van der Waals surface area contributed by atoms with E-state index in [2.05, 4.69) is 36.5 Å². The van der Waals surface area contributed by atoms with E-state index in [0.717, 1.165) is 0 Å². The molecule has 0 aromatic carbocycles. The second-order valence-corrected chi connectivity index (χ2v) is 2.17. The molecule has 0 nitrogen and oxygen atoms in total. The molecule has 0 aromatic rings. The maximum absolute atomic E-state index is 2.21. The lowest BCUT2D eigenvalue weighted by molar-refractivity contribution is 0.869. The van der Waals surface area contributed by atoms with Crippen molar-refractivity contribution in [2.75, 3.05) is 0 Å². The summed E-state index contributed by atoms with van der Waals surface area (Å²) in [5.41, 5.74) is 0. The van der Waals surface area contributed by atoms with E-state index in [1.54, 1.807) is 0 Å². The first-order chi connectivity index (χ1) is 4.50. The van der Waals surface area contributed by atoms with Gasteiger partial charge in [0.2, 0.25) is 0 Å². The van der Waals surface area contributed by atoms with Crippen LogP contribution in [0.3, 0.4) is 0 Å². The van der Waals surface area contributed by atoms with Gasteiger partial charge in [-0.25, -0.2) is 0 Å². The van der Waals surface area contributed by atoms with Crippen LogP contribution in [0.4, 0.5) is 0 Å². The Morgan fingerprint density at radius 3 is 1.78 bits per heavy atom. The standard InChI is InChI=1S/C9H12/c1-2-4-6-8-9-7-5-3-1/h1-6H,7-9H2/b2-1+,5-3-,6-4+. The SMILES string of the molecule is C1=C\CCC/C=C/C=C/1. The van der Waals surface area contributed by atoms with E-state index in [4.69, 9.17) is 0 Å². The van der Waals surface area contributed by atoms with Gasteiger partial charge in [-0.05, 0) is 19.3 Å². The zero-order chi connectivity index (χ0) is 6.36. The van der Waals surface area contributed by atoms with Crippen LogP contribution in [0.5, 0.6) is 0 Å². The monoisotopic (exact) mass is 120 g/mol.